The monoisotopic (exact) mass is 225 g/mol. The maximum Gasteiger partial charge on any atom is 1.00 e. The van der Waals surface area contributed by atoms with Gasteiger partial charge in [-0.15, -0.1) is 0 Å². The summed E-state index contributed by atoms with van der Waals surface area (Å²) in [5.74, 6) is -1.16. The minimum Gasteiger partial charge on any atom is -0.545 e. The van der Waals surface area contributed by atoms with E-state index in [4.69, 9.17) is 5.73 Å². The number of anilines is 1. The summed E-state index contributed by atoms with van der Waals surface area (Å²) in [6, 6.07) is 10.1. The van der Waals surface area contributed by atoms with Gasteiger partial charge in [-0.1, -0.05) is 18.2 Å². The van der Waals surface area contributed by atoms with E-state index in [2.05, 4.69) is 0 Å². The fourth-order valence-electron chi connectivity index (χ4n) is 1.39. The first-order chi connectivity index (χ1) is 6.66. The van der Waals surface area contributed by atoms with Gasteiger partial charge in [0.15, 0.2) is 0 Å². The molecule has 0 spiro atoms. The standard InChI is InChI=1S/C11H9NO2.K/c12-10-4-3-7-5-9(11(13)14)2-1-8(7)6-10;/h1-6H,12H2,(H,13,14);/q;+1/p-1. The third-order valence-electron chi connectivity index (χ3n) is 2.10. The Bertz CT molecular complexity index is 511. The van der Waals surface area contributed by atoms with Crippen LogP contribution >= 0.6 is 0 Å². The predicted octanol–water partition coefficient (Wildman–Crippen LogP) is -2.21. The Morgan fingerprint density at radius 3 is 2.33 bits per heavy atom. The molecular weight excluding hydrogens is 217 g/mol. The van der Waals surface area contributed by atoms with Crippen molar-refractivity contribution < 1.29 is 61.3 Å². The minimum atomic E-state index is -1.16. The quantitative estimate of drug-likeness (QED) is 0.442. The van der Waals surface area contributed by atoms with Crippen molar-refractivity contribution >= 4 is 22.4 Å². The van der Waals surface area contributed by atoms with Crippen LogP contribution in [0.3, 0.4) is 0 Å². The second kappa shape index (κ2) is 5.09. The van der Waals surface area contributed by atoms with Crippen LogP contribution in [0.15, 0.2) is 36.4 Å². The second-order valence-electron chi connectivity index (χ2n) is 3.11. The molecule has 2 N–H and O–H groups in total. The Balaban J connectivity index is 0.00000112. The molecule has 2 aromatic carbocycles. The van der Waals surface area contributed by atoms with Crippen molar-refractivity contribution in [1.82, 2.24) is 0 Å². The van der Waals surface area contributed by atoms with E-state index in [9.17, 15) is 9.90 Å². The van der Waals surface area contributed by atoms with Gasteiger partial charge < -0.3 is 15.6 Å². The van der Waals surface area contributed by atoms with Crippen molar-refractivity contribution in [1.29, 1.82) is 0 Å². The van der Waals surface area contributed by atoms with Crippen molar-refractivity contribution in [2.45, 2.75) is 0 Å². The van der Waals surface area contributed by atoms with E-state index in [0.29, 0.717) is 5.69 Å². The summed E-state index contributed by atoms with van der Waals surface area (Å²) in [6.07, 6.45) is 0. The zero-order valence-corrected chi connectivity index (χ0v) is 11.5. The van der Waals surface area contributed by atoms with E-state index in [1.807, 2.05) is 0 Å². The summed E-state index contributed by atoms with van der Waals surface area (Å²) in [5, 5.41) is 12.3. The van der Waals surface area contributed by atoms with E-state index in [1.165, 1.54) is 6.07 Å². The van der Waals surface area contributed by atoms with E-state index >= 15 is 0 Å². The molecule has 0 aromatic heterocycles. The van der Waals surface area contributed by atoms with Crippen LogP contribution in [0.2, 0.25) is 0 Å². The smallest absolute Gasteiger partial charge is 0.545 e. The van der Waals surface area contributed by atoms with Gasteiger partial charge in [-0.05, 0) is 34.5 Å². The number of carboxylic acids is 1. The Morgan fingerprint density at radius 2 is 1.67 bits per heavy atom. The van der Waals surface area contributed by atoms with Gasteiger partial charge in [0.25, 0.3) is 0 Å². The third-order valence-corrected chi connectivity index (χ3v) is 2.10. The first-order valence-electron chi connectivity index (χ1n) is 4.17. The van der Waals surface area contributed by atoms with Crippen molar-refractivity contribution in [3.05, 3.63) is 42.0 Å². The van der Waals surface area contributed by atoms with Gasteiger partial charge in [0.1, 0.15) is 0 Å². The molecular formula is C11H8KNO2. The summed E-state index contributed by atoms with van der Waals surface area (Å²) in [7, 11) is 0. The number of hydrogen-bond acceptors (Lipinski definition) is 3. The summed E-state index contributed by atoms with van der Waals surface area (Å²) in [6.45, 7) is 0. The van der Waals surface area contributed by atoms with Crippen LogP contribution in [0.25, 0.3) is 10.8 Å². The number of aromatic carboxylic acids is 1. The van der Waals surface area contributed by atoms with Gasteiger partial charge in [0.05, 0.1) is 5.97 Å². The predicted molar refractivity (Wildman–Crippen MR) is 52.7 cm³/mol. The molecule has 0 unspecified atom stereocenters. The molecule has 2 aromatic rings. The number of benzene rings is 2. The number of rotatable bonds is 1. The molecule has 0 aliphatic heterocycles. The molecule has 0 atom stereocenters. The minimum absolute atomic E-state index is 0. The van der Waals surface area contributed by atoms with Gasteiger partial charge in [-0.3, -0.25) is 0 Å². The zero-order valence-electron chi connectivity index (χ0n) is 8.36. The van der Waals surface area contributed by atoms with Crippen LogP contribution in [0.5, 0.6) is 0 Å². The third kappa shape index (κ3) is 2.80. The average Bonchev–Trinajstić information content (AvgIpc) is 2.16. The topological polar surface area (TPSA) is 66.2 Å². The maximum absolute atomic E-state index is 10.6. The number of carbonyl (C=O) groups excluding carboxylic acids is 1. The fourth-order valence-corrected chi connectivity index (χ4v) is 1.39. The van der Waals surface area contributed by atoms with Crippen LogP contribution in [0, 0.1) is 0 Å². The number of hydrogen-bond donors (Lipinski definition) is 1. The van der Waals surface area contributed by atoms with Crippen LogP contribution in [-0.2, 0) is 0 Å². The van der Waals surface area contributed by atoms with E-state index in [0.717, 1.165) is 10.8 Å². The van der Waals surface area contributed by atoms with Crippen molar-refractivity contribution in [3.8, 4) is 0 Å². The number of fused-ring (bicyclic) bond motifs is 1. The molecule has 0 aliphatic rings. The summed E-state index contributed by atoms with van der Waals surface area (Å²) < 4.78 is 0. The van der Waals surface area contributed by atoms with Gasteiger partial charge in [-0.25, -0.2) is 0 Å². The van der Waals surface area contributed by atoms with Crippen LogP contribution < -0.4 is 62.2 Å². The molecule has 0 saturated heterocycles. The number of carboxylic acid groups (broad SMARTS) is 1. The van der Waals surface area contributed by atoms with Crippen molar-refractivity contribution in [2.75, 3.05) is 5.73 Å². The summed E-state index contributed by atoms with van der Waals surface area (Å²) in [5.41, 5.74) is 6.44. The first-order valence-corrected chi connectivity index (χ1v) is 4.17. The number of nitrogens with two attached hydrogens (primary N) is 1. The fraction of sp³-hybridized carbons (Fsp3) is 0. The second-order valence-corrected chi connectivity index (χ2v) is 3.11. The Hall–Kier alpha value is -0.394. The SMILES string of the molecule is Nc1ccc2cc(C(=O)[O-])ccc2c1.[K+]. The van der Waals surface area contributed by atoms with Crippen LogP contribution in [-0.4, -0.2) is 5.97 Å². The Kier molecular flexibility index (Phi) is 4.30. The molecule has 2 rings (SSSR count). The molecule has 0 radical (unpaired) electrons. The average molecular weight is 225 g/mol. The Labute approximate surface area is 130 Å². The van der Waals surface area contributed by atoms with Gasteiger partial charge in [0, 0.05) is 5.69 Å². The van der Waals surface area contributed by atoms with Crippen molar-refractivity contribution in [3.63, 3.8) is 0 Å². The molecule has 0 saturated carbocycles. The van der Waals surface area contributed by atoms with Gasteiger partial charge in [-0.2, -0.15) is 0 Å². The molecule has 0 amide bonds. The summed E-state index contributed by atoms with van der Waals surface area (Å²) >= 11 is 0. The van der Waals surface area contributed by atoms with E-state index < -0.39 is 5.97 Å². The number of nitrogen functional groups attached to an aromatic ring is 1. The van der Waals surface area contributed by atoms with E-state index in [-0.39, 0.29) is 56.9 Å². The van der Waals surface area contributed by atoms with Gasteiger partial charge >= 0.3 is 51.4 Å². The van der Waals surface area contributed by atoms with Gasteiger partial charge in [0.2, 0.25) is 0 Å². The molecule has 70 valence electrons. The number of carbonyl (C=O) groups is 1. The normalized spacial score (nSPS) is 9.60. The molecule has 0 aliphatic carbocycles. The maximum atomic E-state index is 10.6. The largest absolute Gasteiger partial charge is 1.00 e. The molecule has 4 heteroatoms. The molecule has 15 heavy (non-hydrogen) atoms. The molecule has 3 nitrogen and oxygen atoms in total. The Morgan fingerprint density at radius 1 is 1.07 bits per heavy atom. The first kappa shape index (κ1) is 12.7. The van der Waals surface area contributed by atoms with Crippen LogP contribution in [0.1, 0.15) is 10.4 Å². The van der Waals surface area contributed by atoms with Crippen molar-refractivity contribution in [2.24, 2.45) is 0 Å². The zero-order chi connectivity index (χ0) is 10.1. The molecule has 0 heterocycles. The molecule has 0 fully saturated rings. The van der Waals surface area contributed by atoms with E-state index in [1.54, 1.807) is 30.3 Å². The molecule has 0 bridgehead atoms. The summed E-state index contributed by atoms with van der Waals surface area (Å²) in [4.78, 5) is 10.6. The van der Waals surface area contributed by atoms with Crippen LogP contribution in [0.4, 0.5) is 5.69 Å².